The fourth-order valence-corrected chi connectivity index (χ4v) is 2.77. The first-order valence-corrected chi connectivity index (χ1v) is 6.51. The van der Waals surface area contributed by atoms with Crippen LogP contribution in [0.15, 0.2) is 38.4 Å². The molecule has 0 aliphatic heterocycles. The molecular formula is C11H11BrN2OS. The highest BCUT2D eigenvalue weighted by atomic mass is 79.9. The second-order valence-electron chi connectivity index (χ2n) is 3.33. The summed E-state index contributed by atoms with van der Waals surface area (Å²) >= 11 is 5.08. The second kappa shape index (κ2) is 4.93. The summed E-state index contributed by atoms with van der Waals surface area (Å²) in [5, 5.41) is 0. The van der Waals surface area contributed by atoms with Gasteiger partial charge in [0.05, 0.1) is 5.69 Å². The van der Waals surface area contributed by atoms with Gasteiger partial charge in [-0.1, -0.05) is 15.9 Å². The number of oxazole rings is 1. The van der Waals surface area contributed by atoms with Gasteiger partial charge in [-0.05, 0) is 25.1 Å². The van der Waals surface area contributed by atoms with E-state index in [9.17, 15) is 0 Å². The Morgan fingerprint density at radius 2 is 2.31 bits per heavy atom. The largest absolute Gasteiger partial charge is 0.448 e. The quantitative estimate of drug-likeness (QED) is 0.694. The van der Waals surface area contributed by atoms with Crippen molar-refractivity contribution in [2.24, 2.45) is 0 Å². The van der Waals surface area contributed by atoms with Gasteiger partial charge < -0.3 is 10.2 Å². The number of aryl methyl sites for hydroxylation is 1. The highest BCUT2D eigenvalue weighted by Crippen LogP contribution is 2.30. The van der Waals surface area contributed by atoms with Crippen LogP contribution in [-0.4, -0.2) is 4.98 Å². The van der Waals surface area contributed by atoms with E-state index in [1.54, 1.807) is 11.8 Å². The van der Waals surface area contributed by atoms with Crippen LogP contribution in [0.25, 0.3) is 0 Å². The maximum Gasteiger partial charge on any atom is 0.181 e. The zero-order valence-electron chi connectivity index (χ0n) is 8.74. The van der Waals surface area contributed by atoms with Gasteiger partial charge in [0.1, 0.15) is 5.76 Å². The smallest absolute Gasteiger partial charge is 0.181 e. The molecule has 0 spiro atoms. The minimum absolute atomic E-state index is 0.767. The minimum Gasteiger partial charge on any atom is -0.448 e. The van der Waals surface area contributed by atoms with Crippen molar-refractivity contribution in [1.82, 2.24) is 4.98 Å². The molecule has 0 aliphatic rings. The van der Waals surface area contributed by atoms with Gasteiger partial charge in [-0.3, -0.25) is 0 Å². The summed E-state index contributed by atoms with van der Waals surface area (Å²) in [6, 6.07) is 5.83. The van der Waals surface area contributed by atoms with E-state index in [0.717, 1.165) is 32.3 Å². The summed E-state index contributed by atoms with van der Waals surface area (Å²) < 4.78 is 6.17. The Morgan fingerprint density at radius 1 is 1.50 bits per heavy atom. The van der Waals surface area contributed by atoms with E-state index in [4.69, 9.17) is 10.2 Å². The molecule has 0 atom stereocenters. The fourth-order valence-electron chi connectivity index (χ4n) is 1.25. The molecule has 0 radical (unpaired) electrons. The molecule has 2 rings (SSSR count). The van der Waals surface area contributed by atoms with E-state index in [0.29, 0.717) is 0 Å². The summed E-state index contributed by atoms with van der Waals surface area (Å²) in [6.07, 6.45) is 1.47. The SMILES string of the molecule is Cc1ocnc1CSc1cc(Br)ccc1N. The molecule has 0 amide bonds. The molecule has 0 unspecified atom stereocenters. The summed E-state index contributed by atoms with van der Waals surface area (Å²) in [6.45, 7) is 1.91. The third-order valence-corrected chi connectivity index (χ3v) is 3.76. The molecule has 3 nitrogen and oxygen atoms in total. The third-order valence-electron chi connectivity index (χ3n) is 2.18. The van der Waals surface area contributed by atoms with Crippen LogP contribution in [0, 0.1) is 6.92 Å². The third kappa shape index (κ3) is 2.59. The van der Waals surface area contributed by atoms with Crippen LogP contribution in [0.5, 0.6) is 0 Å². The summed E-state index contributed by atoms with van der Waals surface area (Å²) in [5.74, 6) is 1.63. The lowest BCUT2D eigenvalue weighted by atomic mass is 10.3. The lowest BCUT2D eigenvalue weighted by molar-refractivity contribution is 0.525. The van der Waals surface area contributed by atoms with Crippen molar-refractivity contribution < 1.29 is 4.42 Å². The monoisotopic (exact) mass is 298 g/mol. The van der Waals surface area contributed by atoms with Crippen LogP contribution >= 0.6 is 27.7 Å². The highest BCUT2D eigenvalue weighted by molar-refractivity contribution is 9.10. The van der Waals surface area contributed by atoms with Crippen LogP contribution in [0.1, 0.15) is 11.5 Å². The van der Waals surface area contributed by atoms with Gasteiger partial charge in [0.2, 0.25) is 0 Å². The number of rotatable bonds is 3. The topological polar surface area (TPSA) is 52.0 Å². The van der Waals surface area contributed by atoms with Crippen molar-refractivity contribution in [3.05, 3.63) is 40.5 Å². The molecule has 0 saturated carbocycles. The van der Waals surface area contributed by atoms with Crippen molar-refractivity contribution in [3.8, 4) is 0 Å². The van der Waals surface area contributed by atoms with Crippen LogP contribution < -0.4 is 5.73 Å². The molecule has 84 valence electrons. The zero-order valence-corrected chi connectivity index (χ0v) is 11.1. The Kier molecular flexibility index (Phi) is 3.56. The Labute approximate surface area is 107 Å². The van der Waals surface area contributed by atoms with Crippen molar-refractivity contribution in [2.75, 3.05) is 5.73 Å². The number of hydrogen-bond donors (Lipinski definition) is 1. The van der Waals surface area contributed by atoms with E-state index in [1.807, 2.05) is 25.1 Å². The molecule has 0 aliphatic carbocycles. The standard InChI is InChI=1S/C11H11BrN2OS/c1-7-10(14-6-15-7)5-16-11-4-8(12)2-3-9(11)13/h2-4,6H,5,13H2,1H3. The number of nitrogen functional groups attached to an aromatic ring is 1. The number of thioether (sulfide) groups is 1. The van der Waals surface area contributed by atoms with Crippen LogP contribution in [0.3, 0.4) is 0 Å². The fraction of sp³-hybridized carbons (Fsp3) is 0.182. The van der Waals surface area contributed by atoms with Gasteiger partial charge in [0, 0.05) is 20.8 Å². The summed E-state index contributed by atoms with van der Waals surface area (Å²) in [7, 11) is 0. The lowest BCUT2D eigenvalue weighted by Crippen LogP contribution is -1.90. The summed E-state index contributed by atoms with van der Waals surface area (Å²) in [5.41, 5.74) is 7.63. The number of benzene rings is 1. The maximum atomic E-state index is 5.88. The normalized spacial score (nSPS) is 10.6. The minimum atomic E-state index is 0.767. The average Bonchev–Trinajstić information content (AvgIpc) is 2.66. The predicted octanol–water partition coefficient (Wildman–Crippen LogP) is 3.62. The first kappa shape index (κ1) is 11.5. The molecule has 0 saturated heterocycles. The van der Waals surface area contributed by atoms with Gasteiger partial charge in [-0.25, -0.2) is 4.98 Å². The second-order valence-corrected chi connectivity index (χ2v) is 5.26. The Bertz CT molecular complexity index is 498. The van der Waals surface area contributed by atoms with Crippen molar-refractivity contribution in [2.45, 2.75) is 17.6 Å². The number of nitrogens with zero attached hydrogens (tertiary/aromatic N) is 1. The van der Waals surface area contributed by atoms with Gasteiger partial charge in [0.25, 0.3) is 0 Å². The Hall–Kier alpha value is -0.940. The van der Waals surface area contributed by atoms with Crippen molar-refractivity contribution in [3.63, 3.8) is 0 Å². The van der Waals surface area contributed by atoms with Gasteiger partial charge in [-0.2, -0.15) is 0 Å². The molecule has 16 heavy (non-hydrogen) atoms. The number of anilines is 1. The van der Waals surface area contributed by atoms with Crippen molar-refractivity contribution in [1.29, 1.82) is 0 Å². The van der Waals surface area contributed by atoms with Gasteiger partial charge >= 0.3 is 0 Å². The summed E-state index contributed by atoms with van der Waals surface area (Å²) in [4.78, 5) is 5.20. The molecule has 0 bridgehead atoms. The molecule has 0 fully saturated rings. The highest BCUT2D eigenvalue weighted by Gasteiger charge is 2.06. The van der Waals surface area contributed by atoms with Gasteiger partial charge in [0.15, 0.2) is 6.39 Å². The first-order chi connectivity index (χ1) is 7.66. The van der Waals surface area contributed by atoms with Crippen molar-refractivity contribution >= 4 is 33.4 Å². The number of hydrogen-bond acceptors (Lipinski definition) is 4. The molecule has 5 heteroatoms. The number of halogens is 1. The van der Waals surface area contributed by atoms with Gasteiger partial charge in [-0.15, -0.1) is 11.8 Å². The van der Waals surface area contributed by atoms with E-state index >= 15 is 0 Å². The zero-order chi connectivity index (χ0) is 11.5. The molecule has 1 heterocycles. The van der Waals surface area contributed by atoms with Crippen LogP contribution in [-0.2, 0) is 5.75 Å². The van der Waals surface area contributed by atoms with Crippen LogP contribution in [0.4, 0.5) is 5.69 Å². The Morgan fingerprint density at radius 3 is 3.00 bits per heavy atom. The predicted molar refractivity (Wildman–Crippen MR) is 69.4 cm³/mol. The maximum absolute atomic E-state index is 5.88. The number of nitrogens with two attached hydrogens (primary N) is 1. The van der Waals surface area contributed by atoms with E-state index in [1.165, 1.54) is 6.39 Å². The molecular weight excluding hydrogens is 288 g/mol. The Balaban J connectivity index is 2.10. The lowest BCUT2D eigenvalue weighted by Gasteiger charge is -2.04. The van der Waals surface area contributed by atoms with E-state index in [-0.39, 0.29) is 0 Å². The van der Waals surface area contributed by atoms with E-state index in [2.05, 4.69) is 20.9 Å². The molecule has 2 N–H and O–H groups in total. The number of aromatic nitrogens is 1. The molecule has 1 aromatic carbocycles. The first-order valence-electron chi connectivity index (χ1n) is 4.73. The molecule has 1 aromatic heterocycles. The average molecular weight is 299 g/mol. The molecule has 2 aromatic rings. The van der Waals surface area contributed by atoms with Crippen LogP contribution in [0.2, 0.25) is 0 Å². The van der Waals surface area contributed by atoms with E-state index < -0.39 is 0 Å².